The summed E-state index contributed by atoms with van der Waals surface area (Å²) < 4.78 is 0. The van der Waals surface area contributed by atoms with E-state index in [1.165, 1.54) is 6.42 Å². The van der Waals surface area contributed by atoms with Crippen LogP contribution in [0.5, 0.6) is 0 Å². The topological polar surface area (TPSA) is 61.4 Å². The molecule has 1 aliphatic rings. The van der Waals surface area contributed by atoms with Crippen LogP contribution in [0.3, 0.4) is 0 Å². The number of carbonyl (C=O) groups excluding carboxylic acids is 1. The van der Waals surface area contributed by atoms with Gasteiger partial charge in [-0.3, -0.25) is 4.79 Å². The standard InChI is InChI=1S/C10H20N2O2/c1-8(7-13)12-10(14)9-5-3-2-4-6-11-9/h8-9,11,13H,2-7H2,1H3,(H,12,14)/t8-,9?/m1/s1. The number of amides is 1. The van der Waals surface area contributed by atoms with Gasteiger partial charge >= 0.3 is 0 Å². The minimum Gasteiger partial charge on any atom is -0.394 e. The Kier molecular flexibility index (Phi) is 4.90. The second-order valence-corrected chi connectivity index (χ2v) is 3.95. The van der Waals surface area contributed by atoms with E-state index < -0.39 is 0 Å². The van der Waals surface area contributed by atoms with Crippen LogP contribution in [0.1, 0.15) is 32.6 Å². The van der Waals surface area contributed by atoms with Crippen LogP contribution >= 0.6 is 0 Å². The summed E-state index contributed by atoms with van der Waals surface area (Å²) in [4.78, 5) is 11.6. The van der Waals surface area contributed by atoms with Crippen molar-refractivity contribution in [2.45, 2.75) is 44.7 Å². The van der Waals surface area contributed by atoms with Crippen LogP contribution in [0.25, 0.3) is 0 Å². The van der Waals surface area contributed by atoms with Crippen molar-refractivity contribution >= 4 is 5.91 Å². The summed E-state index contributed by atoms with van der Waals surface area (Å²) in [6, 6.07) is -0.209. The highest BCUT2D eigenvalue weighted by molar-refractivity contribution is 5.82. The Labute approximate surface area is 85.1 Å². The zero-order valence-corrected chi connectivity index (χ0v) is 8.75. The molecule has 4 nitrogen and oxygen atoms in total. The average Bonchev–Trinajstić information content (AvgIpc) is 2.45. The third kappa shape index (κ3) is 3.64. The quantitative estimate of drug-likeness (QED) is 0.601. The monoisotopic (exact) mass is 200 g/mol. The van der Waals surface area contributed by atoms with Crippen LogP contribution in [-0.4, -0.2) is 36.2 Å². The zero-order valence-electron chi connectivity index (χ0n) is 8.75. The summed E-state index contributed by atoms with van der Waals surface area (Å²) in [5.74, 6) is 0.0217. The van der Waals surface area contributed by atoms with E-state index >= 15 is 0 Å². The predicted molar refractivity (Wildman–Crippen MR) is 54.9 cm³/mol. The first-order valence-corrected chi connectivity index (χ1v) is 5.38. The van der Waals surface area contributed by atoms with E-state index in [2.05, 4.69) is 10.6 Å². The molecule has 1 heterocycles. The van der Waals surface area contributed by atoms with Gasteiger partial charge in [-0.1, -0.05) is 12.8 Å². The molecule has 3 N–H and O–H groups in total. The fourth-order valence-electron chi connectivity index (χ4n) is 1.64. The van der Waals surface area contributed by atoms with E-state index in [0.29, 0.717) is 0 Å². The number of carbonyl (C=O) groups is 1. The van der Waals surface area contributed by atoms with Crippen molar-refractivity contribution in [3.63, 3.8) is 0 Å². The highest BCUT2D eigenvalue weighted by Gasteiger charge is 2.20. The van der Waals surface area contributed by atoms with Crippen molar-refractivity contribution in [1.82, 2.24) is 10.6 Å². The maximum absolute atomic E-state index is 11.6. The number of hydrogen-bond donors (Lipinski definition) is 3. The lowest BCUT2D eigenvalue weighted by molar-refractivity contribution is -0.124. The molecule has 1 fully saturated rings. The lowest BCUT2D eigenvalue weighted by Crippen LogP contribution is -2.47. The lowest BCUT2D eigenvalue weighted by Gasteiger charge is -2.18. The fraction of sp³-hybridized carbons (Fsp3) is 0.900. The Balaban J connectivity index is 2.34. The van der Waals surface area contributed by atoms with Crippen LogP contribution in [-0.2, 0) is 4.79 Å². The number of aliphatic hydroxyl groups is 1. The lowest BCUT2D eigenvalue weighted by atomic mass is 10.1. The third-order valence-corrected chi connectivity index (χ3v) is 2.54. The van der Waals surface area contributed by atoms with Crippen molar-refractivity contribution in [1.29, 1.82) is 0 Å². The van der Waals surface area contributed by atoms with Gasteiger partial charge in [0.25, 0.3) is 0 Å². The predicted octanol–water partition coefficient (Wildman–Crippen LogP) is 0.0156. The van der Waals surface area contributed by atoms with E-state index in [4.69, 9.17) is 5.11 Å². The van der Waals surface area contributed by atoms with Gasteiger partial charge in [-0.15, -0.1) is 0 Å². The minimum absolute atomic E-state index is 0.00153. The Hall–Kier alpha value is -0.610. The second kappa shape index (κ2) is 5.98. The van der Waals surface area contributed by atoms with Crippen LogP contribution in [0.4, 0.5) is 0 Å². The molecule has 4 heteroatoms. The summed E-state index contributed by atoms with van der Waals surface area (Å²) in [5.41, 5.74) is 0. The number of nitrogens with one attached hydrogen (secondary N) is 2. The molecule has 1 amide bonds. The molecule has 0 radical (unpaired) electrons. The highest BCUT2D eigenvalue weighted by Crippen LogP contribution is 2.08. The van der Waals surface area contributed by atoms with Crippen LogP contribution in [0, 0.1) is 0 Å². The van der Waals surface area contributed by atoms with Crippen molar-refractivity contribution in [3.05, 3.63) is 0 Å². The Bertz CT molecular complexity index is 177. The van der Waals surface area contributed by atoms with E-state index in [0.717, 1.165) is 25.8 Å². The average molecular weight is 200 g/mol. The minimum atomic E-state index is -0.146. The van der Waals surface area contributed by atoms with Crippen molar-refractivity contribution in [3.8, 4) is 0 Å². The molecule has 1 aliphatic heterocycles. The molecule has 0 aliphatic carbocycles. The van der Waals surface area contributed by atoms with E-state index in [1.807, 2.05) is 0 Å². The van der Waals surface area contributed by atoms with Gasteiger partial charge in [-0.2, -0.15) is 0 Å². The van der Waals surface area contributed by atoms with Gasteiger partial charge < -0.3 is 15.7 Å². The van der Waals surface area contributed by atoms with Crippen molar-refractivity contribution in [2.75, 3.05) is 13.2 Å². The summed E-state index contributed by atoms with van der Waals surface area (Å²) in [6.07, 6.45) is 4.37. The Morgan fingerprint density at radius 3 is 3.07 bits per heavy atom. The summed E-state index contributed by atoms with van der Waals surface area (Å²) >= 11 is 0. The van der Waals surface area contributed by atoms with Gasteiger partial charge in [0.15, 0.2) is 0 Å². The number of aliphatic hydroxyl groups excluding tert-OH is 1. The summed E-state index contributed by atoms with van der Waals surface area (Å²) in [5, 5.41) is 14.8. The fourth-order valence-corrected chi connectivity index (χ4v) is 1.64. The van der Waals surface area contributed by atoms with E-state index in [9.17, 15) is 4.79 Å². The molecule has 0 spiro atoms. The molecule has 82 valence electrons. The largest absolute Gasteiger partial charge is 0.394 e. The van der Waals surface area contributed by atoms with E-state index in [-0.39, 0.29) is 24.6 Å². The third-order valence-electron chi connectivity index (χ3n) is 2.54. The first kappa shape index (κ1) is 11.5. The van der Waals surface area contributed by atoms with Gasteiger partial charge in [-0.25, -0.2) is 0 Å². The Morgan fingerprint density at radius 1 is 1.57 bits per heavy atom. The maximum atomic E-state index is 11.6. The van der Waals surface area contributed by atoms with Gasteiger partial charge in [0.2, 0.25) is 5.91 Å². The highest BCUT2D eigenvalue weighted by atomic mass is 16.3. The van der Waals surface area contributed by atoms with Gasteiger partial charge in [0.1, 0.15) is 0 Å². The molecular formula is C10H20N2O2. The second-order valence-electron chi connectivity index (χ2n) is 3.95. The molecule has 2 atom stereocenters. The van der Waals surface area contributed by atoms with E-state index in [1.54, 1.807) is 6.92 Å². The molecule has 1 rings (SSSR count). The van der Waals surface area contributed by atoms with Gasteiger partial charge in [-0.05, 0) is 26.3 Å². The molecule has 14 heavy (non-hydrogen) atoms. The molecule has 0 saturated carbocycles. The first-order chi connectivity index (χ1) is 6.74. The normalized spacial score (nSPS) is 25.1. The molecule has 0 bridgehead atoms. The maximum Gasteiger partial charge on any atom is 0.237 e. The Morgan fingerprint density at radius 2 is 2.36 bits per heavy atom. The van der Waals surface area contributed by atoms with Crippen molar-refractivity contribution in [2.24, 2.45) is 0 Å². The molecule has 0 aromatic rings. The molecule has 0 aromatic heterocycles. The first-order valence-electron chi connectivity index (χ1n) is 5.38. The number of rotatable bonds is 3. The van der Waals surface area contributed by atoms with Gasteiger partial charge in [0.05, 0.1) is 12.6 Å². The van der Waals surface area contributed by atoms with Crippen LogP contribution in [0.2, 0.25) is 0 Å². The molecular weight excluding hydrogens is 180 g/mol. The summed E-state index contributed by atoms with van der Waals surface area (Å²) in [6.45, 7) is 2.72. The number of hydrogen-bond acceptors (Lipinski definition) is 3. The molecule has 1 unspecified atom stereocenters. The SMILES string of the molecule is C[C@H](CO)NC(=O)C1CCCCCN1. The summed E-state index contributed by atoms with van der Waals surface area (Å²) in [7, 11) is 0. The van der Waals surface area contributed by atoms with Crippen molar-refractivity contribution < 1.29 is 9.90 Å². The molecule has 1 saturated heterocycles. The van der Waals surface area contributed by atoms with Crippen LogP contribution < -0.4 is 10.6 Å². The molecule has 0 aromatic carbocycles. The smallest absolute Gasteiger partial charge is 0.237 e. The van der Waals surface area contributed by atoms with Crippen LogP contribution in [0.15, 0.2) is 0 Å². The zero-order chi connectivity index (χ0) is 10.4. The van der Waals surface area contributed by atoms with Gasteiger partial charge in [0, 0.05) is 6.04 Å².